The van der Waals surface area contributed by atoms with Crippen molar-refractivity contribution in [1.82, 2.24) is 4.72 Å². The molecule has 0 amide bonds. The first-order valence-corrected chi connectivity index (χ1v) is 2.49. The number of rotatable bonds is 3. The fraction of sp³-hybridized carbons (Fsp3) is 0.333. The molecule has 0 unspecified atom stereocenters. The SMILES string of the molecule is C=CCNSN. The van der Waals surface area contributed by atoms with Gasteiger partial charge in [0, 0.05) is 18.7 Å². The van der Waals surface area contributed by atoms with Crippen molar-refractivity contribution < 1.29 is 0 Å². The van der Waals surface area contributed by atoms with E-state index >= 15 is 0 Å². The molecule has 0 saturated carbocycles. The number of hydrogen-bond acceptors (Lipinski definition) is 3. The molecule has 0 spiro atoms. The van der Waals surface area contributed by atoms with E-state index in [-0.39, 0.29) is 0 Å². The van der Waals surface area contributed by atoms with E-state index in [2.05, 4.69) is 11.3 Å². The van der Waals surface area contributed by atoms with Crippen molar-refractivity contribution in [3.05, 3.63) is 12.7 Å². The van der Waals surface area contributed by atoms with E-state index in [4.69, 9.17) is 5.14 Å². The normalized spacial score (nSPS) is 8.17. The van der Waals surface area contributed by atoms with Crippen molar-refractivity contribution in [3.8, 4) is 0 Å². The number of nitrogens with two attached hydrogens (primary N) is 1. The molecule has 0 saturated heterocycles. The Labute approximate surface area is 42.1 Å². The standard InChI is InChI=1S/C3H8N2S/c1-2-3-5-6-4/h2,5H,1,3-4H2. The van der Waals surface area contributed by atoms with Crippen LogP contribution in [0.2, 0.25) is 0 Å². The van der Waals surface area contributed by atoms with Crippen LogP contribution >= 0.6 is 12.1 Å². The van der Waals surface area contributed by atoms with Gasteiger partial charge in [0.1, 0.15) is 0 Å². The molecule has 0 aromatic rings. The number of hydrogen-bond donors (Lipinski definition) is 2. The highest BCUT2D eigenvalue weighted by Crippen LogP contribution is 1.70. The maximum absolute atomic E-state index is 4.97. The lowest BCUT2D eigenvalue weighted by Gasteiger charge is -1.87. The lowest BCUT2D eigenvalue weighted by atomic mass is 10.7. The lowest BCUT2D eigenvalue weighted by molar-refractivity contribution is 1.13. The average Bonchev–Trinajstić information content (AvgIpc) is 1.61. The van der Waals surface area contributed by atoms with Crippen LogP contribution in [-0.2, 0) is 0 Å². The fourth-order valence-corrected chi connectivity index (χ4v) is 0.321. The Morgan fingerprint density at radius 1 is 2.00 bits per heavy atom. The minimum absolute atomic E-state index is 0.765. The van der Waals surface area contributed by atoms with Crippen LogP contribution in [0.1, 0.15) is 0 Å². The molecule has 36 valence electrons. The second kappa shape index (κ2) is 5.01. The molecular weight excluding hydrogens is 96.1 g/mol. The smallest absolute Gasteiger partial charge is 0.0248 e. The first kappa shape index (κ1) is 6.01. The second-order valence-electron chi connectivity index (χ2n) is 0.755. The summed E-state index contributed by atoms with van der Waals surface area (Å²) in [6, 6.07) is 0. The van der Waals surface area contributed by atoms with E-state index in [1.165, 1.54) is 0 Å². The van der Waals surface area contributed by atoms with E-state index in [9.17, 15) is 0 Å². The Morgan fingerprint density at radius 3 is 2.83 bits per heavy atom. The zero-order valence-electron chi connectivity index (χ0n) is 3.48. The maximum Gasteiger partial charge on any atom is 0.0248 e. The van der Waals surface area contributed by atoms with Crippen LogP contribution in [0.15, 0.2) is 12.7 Å². The van der Waals surface area contributed by atoms with E-state index in [1.54, 1.807) is 6.08 Å². The summed E-state index contributed by atoms with van der Waals surface area (Å²) in [4.78, 5) is 0. The Balaban J connectivity index is 2.49. The Kier molecular flexibility index (Phi) is 5.02. The molecular formula is C3H8N2S. The monoisotopic (exact) mass is 104 g/mol. The molecule has 0 aromatic heterocycles. The molecule has 0 radical (unpaired) electrons. The largest absolute Gasteiger partial charge is 0.264 e. The summed E-state index contributed by atoms with van der Waals surface area (Å²) in [7, 11) is 0. The van der Waals surface area contributed by atoms with Crippen LogP contribution in [0.25, 0.3) is 0 Å². The Morgan fingerprint density at radius 2 is 2.67 bits per heavy atom. The van der Waals surface area contributed by atoms with Gasteiger partial charge in [-0.1, -0.05) is 6.08 Å². The summed E-state index contributed by atoms with van der Waals surface area (Å²) in [5.41, 5.74) is 0. The molecule has 0 aliphatic heterocycles. The quantitative estimate of drug-likeness (QED) is 0.307. The average molecular weight is 104 g/mol. The van der Waals surface area contributed by atoms with Crippen molar-refractivity contribution in [2.75, 3.05) is 6.54 Å². The van der Waals surface area contributed by atoms with E-state index in [1.807, 2.05) is 0 Å². The van der Waals surface area contributed by atoms with Crippen LogP contribution in [0, 0.1) is 0 Å². The van der Waals surface area contributed by atoms with Gasteiger partial charge in [0.05, 0.1) is 0 Å². The highest BCUT2D eigenvalue weighted by Gasteiger charge is 1.67. The predicted molar refractivity (Wildman–Crippen MR) is 30.0 cm³/mol. The minimum atomic E-state index is 0.765. The molecule has 0 aliphatic carbocycles. The predicted octanol–water partition coefficient (Wildman–Crippen LogP) is 0.284. The topological polar surface area (TPSA) is 38.0 Å². The Hall–Kier alpha value is 0.01000. The summed E-state index contributed by atoms with van der Waals surface area (Å²) in [6.45, 7) is 4.23. The van der Waals surface area contributed by atoms with Crippen molar-refractivity contribution >= 4 is 12.1 Å². The highest BCUT2D eigenvalue weighted by atomic mass is 32.2. The van der Waals surface area contributed by atoms with Crippen LogP contribution in [0.3, 0.4) is 0 Å². The third-order valence-electron chi connectivity index (χ3n) is 0.311. The first-order chi connectivity index (χ1) is 2.91. The van der Waals surface area contributed by atoms with E-state index in [0.717, 1.165) is 18.7 Å². The molecule has 0 aliphatic rings. The molecule has 0 atom stereocenters. The van der Waals surface area contributed by atoms with Gasteiger partial charge in [0.2, 0.25) is 0 Å². The maximum atomic E-state index is 4.97. The molecule has 0 bridgehead atoms. The zero-order chi connectivity index (χ0) is 4.83. The van der Waals surface area contributed by atoms with Gasteiger partial charge in [-0.2, -0.15) is 0 Å². The molecule has 2 nitrogen and oxygen atoms in total. The second-order valence-corrected chi connectivity index (χ2v) is 1.28. The van der Waals surface area contributed by atoms with Crippen molar-refractivity contribution in [2.24, 2.45) is 5.14 Å². The summed E-state index contributed by atoms with van der Waals surface area (Å²) >= 11 is 1.10. The molecule has 0 aromatic carbocycles. The molecule has 0 rings (SSSR count). The first-order valence-electron chi connectivity index (χ1n) is 1.61. The molecule has 3 heteroatoms. The molecule has 0 heterocycles. The van der Waals surface area contributed by atoms with Crippen molar-refractivity contribution in [3.63, 3.8) is 0 Å². The van der Waals surface area contributed by atoms with Crippen LogP contribution < -0.4 is 9.86 Å². The van der Waals surface area contributed by atoms with Gasteiger partial charge in [0.25, 0.3) is 0 Å². The van der Waals surface area contributed by atoms with Crippen molar-refractivity contribution in [2.45, 2.75) is 0 Å². The number of nitrogens with one attached hydrogen (secondary N) is 1. The summed E-state index contributed by atoms with van der Waals surface area (Å²) in [5, 5.41) is 4.97. The summed E-state index contributed by atoms with van der Waals surface area (Å²) in [6.07, 6.45) is 1.75. The zero-order valence-corrected chi connectivity index (χ0v) is 4.29. The third kappa shape index (κ3) is 4.01. The summed E-state index contributed by atoms with van der Waals surface area (Å²) in [5.74, 6) is 0. The van der Waals surface area contributed by atoms with Crippen LogP contribution in [-0.4, -0.2) is 6.54 Å². The van der Waals surface area contributed by atoms with Crippen molar-refractivity contribution in [1.29, 1.82) is 0 Å². The highest BCUT2D eigenvalue weighted by molar-refractivity contribution is 7.95. The van der Waals surface area contributed by atoms with Crippen LogP contribution in [0.4, 0.5) is 0 Å². The lowest BCUT2D eigenvalue weighted by Crippen LogP contribution is -2.04. The van der Waals surface area contributed by atoms with Gasteiger partial charge in [-0.25, -0.2) is 4.72 Å². The fourth-order valence-electron chi connectivity index (χ4n) is 0.107. The Bertz CT molecular complexity index is 37.8. The minimum Gasteiger partial charge on any atom is -0.264 e. The summed E-state index contributed by atoms with van der Waals surface area (Å²) < 4.78 is 2.77. The van der Waals surface area contributed by atoms with Gasteiger partial charge < -0.3 is 0 Å². The molecule has 6 heavy (non-hydrogen) atoms. The van der Waals surface area contributed by atoms with Gasteiger partial charge in [0.15, 0.2) is 0 Å². The molecule has 3 N–H and O–H groups in total. The van der Waals surface area contributed by atoms with E-state index in [0.29, 0.717) is 0 Å². The van der Waals surface area contributed by atoms with Gasteiger partial charge in [-0.05, 0) is 0 Å². The van der Waals surface area contributed by atoms with Gasteiger partial charge in [-0.3, -0.25) is 5.14 Å². The third-order valence-corrected chi connectivity index (χ3v) is 0.644. The van der Waals surface area contributed by atoms with Gasteiger partial charge in [-0.15, -0.1) is 6.58 Å². The van der Waals surface area contributed by atoms with E-state index < -0.39 is 0 Å². The molecule has 0 fully saturated rings. The van der Waals surface area contributed by atoms with Crippen LogP contribution in [0.5, 0.6) is 0 Å². The van der Waals surface area contributed by atoms with Gasteiger partial charge >= 0.3 is 0 Å².